The van der Waals surface area contributed by atoms with Crippen molar-refractivity contribution < 1.29 is 38.1 Å². The minimum absolute atomic E-state index is 0.220. The fourth-order valence-corrected chi connectivity index (χ4v) is 3.81. The van der Waals surface area contributed by atoms with Crippen LogP contribution >= 0.6 is 0 Å². The van der Waals surface area contributed by atoms with Gasteiger partial charge in [0.15, 0.2) is 5.78 Å². The minimum Gasteiger partial charge on any atom is -0.493 e. The molecule has 2 aromatic rings. The summed E-state index contributed by atoms with van der Waals surface area (Å²) < 4.78 is 28.2. The summed E-state index contributed by atoms with van der Waals surface area (Å²) in [5.41, 5.74) is 1.39. The fraction of sp³-hybridized carbons (Fsp3) is 0.417. The maximum Gasteiger partial charge on any atom is 0.314 e. The third-order valence-corrected chi connectivity index (χ3v) is 6.18. The zero-order valence-corrected chi connectivity index (χ0v) is 27.1. The lowest BCUT2D eigenvalue weighted by Crippen LogP contribution is -2.25. The van der Waals surface area contributed by atoms with E-state index in [0.717, 1.165) is 17.5 Å². The van der Waals surface area contributed by atoms with Crippen molar-refractivity contribution in [3.8, 4) is 17.2 Å². The van der Waals surface area contributed by atoms with Crippen LogP contribution in [0, 0.1) is 10.8 Å². The van der Waals surface area contributed by atoms with Crippen LogP contribution in [0.5, 0.6) is 17.2 Å². The summed E-state index contributed by atoms with van der Waals surface area (Å²) in [6.07, 6.45) is 8.36. The molecule has 0 aliphatic carbocycles. The van der Waals surface area contributed by atoms with E-state index in [1.165, 1.54) is 6.08 Å². The van der Waals surface area contributed by atoms with Gasteiger partial charge in [-0.25, -0.2) is 0 Å². The van der Waals surface area contributed by atoms with E-state index >= 15 is 0 Å². The molecule has 0 aliphatic heterocycles. The predicted octanol–water partition coefficient (Wildman–Crippen LogP) is 7.68. The van der Waals surface area contributed by atoms with E-state index in [0.29, 0.717) is 47.8 Å². The average molecular weight is 607 g/mol. The lowest BCUT2D eigenvalue weighted by molar-refractivity contribution is -0.160. The summed E-state index contributed by atoms with van der Waals surface area (Å²) in [5, 5.41) is 0. The van der Waals surface area contributed by atoms with Gasteiger partial charge in [-0.3, -0.25) is 14.4 Å². The van der Waals surface area contributed by atoms with Gasteiger partial charge in [-0.15, -0.1) is 13.2 Å². The van der Waals surface area contributed by atoms with Crippen LogP contribution in [0.25, 0.3) is 6.08 Å². The van der Waals surface area contributed by atoms with Crippen LogP contribution in [0.15, 0.2) is 61.7 Å². The molecular weight excluding hydrogens is 560 g/mol. The molecule has 0 radical (unpaired) electrons. The molecule has 238 valence electrons. The van der Waals surface area contributed by atoms with Crippen molar-refractivity contribution in [1.82, 2.24) is 0 Å². The average Bonchev–Trinajstić information content (AvgIpc) is 2.96. The number of ether oxygens (including phenoxy) is 5. The van der Waals surface area contributed by atoms with E-state index in [1.807, 2.05) is 13.0 Å². The summed E-state index contributed by atoms with van der Waals surface area (Å²) in [4.78, 5) is 37.3. The molecule has 0 fully saturated rings. The molecule has 8 nitrogen and oxygen atoms in total. The van der Waals surface area contributed by atoms with Crippen molar-refractivity contribution >= 4 is 23.8 Å². The van der Waals surface area contributed by atoms with Crippen LogP contribution in [0.2, 0.25) is 0 Å². The van der Waals surface area contributed by atoms with Crippen molar-refractivity contribution in [1.29, 1.82) is 0 Å². The Morgan fingerprint density at radius 2 is 1.34 bits per heavy atom. The summed E-state index contributed by atoms with van der Waals surface area (Å²) in [7, 11) is 0. The van der Waals surface area contributed by atoms with Crippen LogP contribution in [0.1, 0.15) is 81.9 Å². The molecule has 0 amide bonds. The number of rotatable bonds is 16. The van der Waals surface area contributed by atoms with Gasteiger partial charge in [-0.05, 0) is 109 Å². The molecule has 8 heteroatoms. The number of hydrogen-bond donors (Lipinski definition) is 0. The SMILES string of the molecule is C=CCc1cc(C=CC(=O)c2ccc(OCOC(=O)C(C)(C)C)cc2)c(OCCC)c(CC=C)c1OCOC(=O)C(C)(C)C. The molecule has 0 saturated carbocycles. The maximum absolute atomic E-state index is 13.1. The van der Waals surface area contributed by atoms with Gasteiger partial charge in [0, 0.05) is 16.7 Å². The number of carbonyl (C=O) groups excluding carboxylic acids is 3. The second-order valence-electron chi connectivity index (χ2n) is 12.2. The zero-order chi connectivity index (χ0) is 32.9. The van der Waals surface area contributed by atoms with Crippen molar-refractivity contribution in [3.05, 3.63) is 84.0 Å². The Bertz CT molecular complexity index is 1340. The van der Waals surface area contributed by atoms with E-state index in [4.69, 9.17) is 23.7 Å². The van der Waals surface area contributed by atoms with Crippen molar-refractivity contribution in [2.45, 2.75) is 67.7 Å². The highest BCUT2D eigenvalue weighted by Crippen LogP contribution is 2.38. The summed E-state index contributed by atoms with van der Waals surface area (Å²) >= 11 is 0. The van der Waals surface area contributed by atoms with Gasteiger partial charge in [-0.2, -0.15) is 0 Å². The van der Waals surface area contributed by atoms with Crippen LogP contribution in [0.3, 0.4) is 0 Å². The van der Waals surface area contributed by atoms with Crippen molar-refractivity contribution in [3.63, 3.8) is 0 Å². The Hall–Kier alpha value is -4.33. The molecule has 0 saturated heterocycles. The molecule has 0 unspecified atom stereocenters. The van der Waals surface area contributed by atoms with E-state index in [1.54, 1.807) is 84.0 Å². The predicted molar refractivity (Wildman–Crippen MR) is 172 cm³/mol. The van der Waals surface area contributed by atoms with Gasteiger partial charge in [-0.1, -0.05) is 19.1 Å². The Balaban J connectivity index is 2.34. The van der Waals surface area contributed by atoms with Crippen LogP contribution < -0.4 is 14.2 Å². The number of esters is 2. The molecule has 0 spiro atoms. The fourth-order valence-electron chi connectivity index (χ4n) is 3.81. The number of benzene rings is 2. The molecular formula is C36H46O8. The van der Waals surface area contributed by atoms with Gasteiger partial charge in [0.1, 0.15) is 17.2 Å². The Kier molecular flexibility index (Phi) is 13.4. The normalized spacial score (nSPS) is 11.5. The summed E-state index contributed by atoms with van der Waals surface area (Å²) in [6, 6.07) is 8.46. The Labute approximate surface area is 261 Å². The third kappa shape index (κ3) is 10.7. The molecule has 0 atom stereocenters. The standard InChI is InChI=1S/C36H46O8/c1-10-13-26-22-27(17-20-30(37)25-15-18-28(19-16-25)41-23-43-33(38)35(4,5)6)31(40-21-12-3)29(14-11-2)32(26)42-24-44-34(39)36(7,8)9/h10-11,15-20,22H,1-2,12-14,21,23-24H2,3-9H3. The first kappa shape index (κ1) is 35.9. The van der Waals surface area contributed by atoms with Crippen LogP contribution in [-0.2, 0) is 31.9 Å². The number of carbonyl (C=O) groups is 3. The molecule has 0 heterocycles. The number of allylic oxidation sites excluding steroid dienone is 3. The van der Waals surface area contributed by atoms with Crippen LogP contribution in [-0.4, -0.2) is 37.9 Å². The van der Waals surface area contributed by atoms with Gasteiger partial charge in [0.05, 0.1) is 17.4 Å². The first-order valence-electron chi connectivity index (χ1n) is 14.7. The molecule has 0 N–H and O–H groups in total. The van der Waals surface area contributed by atoms with Crippen molar-refractivity contribution in [2.24, 2.45) is 10.8 Å². The number of ketones is 1. The molecule has 2 rings (SSSR count). The van der Waals surface area contributed by atoms with Crippen molar-refractivity contribution in [2.75, 3.05) is 20.2 Å². The second-order valence-corrected chi connectivity index (χ2v) is 12.2. The lowest BCUT2D eigenvalue weighted by atomic mass is 9.97. The first-order chi connectivity index (χ1) is 20.7. The highest BCUT2D eigenvalue weighted by atomic mass is 16.7. The van der Waals surface area contributed by atoms with E-state index in [-0.39, 0.29) is 31.3 Å². The zero-order valence-electron chi connectivity index (χ0n) is 27.1. The minimum atomic E-state index is -0.665. The Morgan fingerprint density at radius 3 is 1.86 bits per heavy atom. The number of hydrogen-bond acceptors (Lipinski definition) is 8. The molecule has 0 aromatic heterocycles. The summed E-state index contributed by atoms with van der Waals surface area (Å²) in [5.74, 6) is 0.598. The molecule has 2 aromatic carbocycles. The Morgan fingerprint density at radius 1 is 0.773 bits per heavy atom. The highest BCUT2D eigenvalue weighted by molar-refractivity contribution is 6.07. The molecule has 0 bridgehead atoms. The van der Waals surface area contributed by atoms with Gasteiger partial charge in [0.25, 0.3) is 0 Å². The van der Waals surface area contributed by atoms with E-state index < -0.39 is 10.8 Å². The third-order valence-electron chi connectivity index (χ3n) is 6.18. The highest BCUT2D eigenvalue weighted by Gasteiger charge is 2.25. The monoisotopic (exact) mass is 606 g/mol. The quantitative estimate of drug-likeness (QED) is 0.0631. The van der Waals surface area contributed by atoms with Gasteiger partial charge >= 0.3 is 11.9 Å². The lowest BCUT2D eigenvalue weighted by Gasteiger charge is -2.22. The molecule has 0 aliphatic rings. The van der Waals surface area contributed by atoms with Gasteiger partial charge < -0.3 is 23.7 Å². The van der Waals surface area contributed by atoms with E-state index in [9.17, 15) is 14.4 Å². The van der Waals surface area contributed by atoms with Crippen LogP contribution in [0.4, 0.5) is 0 Å². The smallest absolute Gasteiger partial charge is 0.314 e. The topological polar surface area (TPSA) is 97.4 Å². The van der Waals surface area contributed by atoms with E-state index in [2.05, 4.69) is 13.2 Å². The largest absolute Gasteiger partial charge is 0.493 e. The second kappa shape index (κ2) is 16.5. The molecule has 44 heavy (non-hydrogen) atoms. The maximum atomic E-state index is 13.1. The summed E-state index contributed by atoms with van der Waals surface area (Å²) in [6.45, 7) is 20.4. The first-order valence-corrected chi connectivity index (χ1v) is 14.7. The van der Waals surface area contributed by atoms with Gasteiger partial charge in [0.2, 0.25) is 13.6 Å².